The minimum atomic E-state index is -3.27. The maximum Gasteiger partial charge on any atom is 0.0269 e. The van der Waals surface area contributed by atoms with Crippen molar-refractivity contribution in [1.29, 1.82) is 0 Å². The molecule has 0 bridgehead atoms. The predicted octanol–water partition coefficient (Wildman–Crippen LogP) is 19.3. The van der Waals surface area contributed by atoms with Crippen LogP contribution in [0.1, 0.15) is 244 Å². The molecule has 4 aromatic rings. The molecular weight excluding hydrogens is 709 g/mol. The van der Waals surface area contributed by atoms with Gasteiger partial charge in [0.25, 0.3) is 0 Å². The molecule has 0 aliphatic heterocycles. The monoisotopic (exact) mass is 839 g/mol. The Kier molecular flexibility index (Phi) is 12.0. The Bertz CT molecular complexity index is 2920. The van der Waals surface area contributed by atoms with Crippen LogP contribution in [0.3, 0.4) is 0 Å². The summed E-state index contributed by atoms with van der Waals surface area (Å²) < 4.78 is 271. The van der Waals surface area contributed by atoms with Gasteiger partial charge < -0.3 is 0 Å². The van der Waals surface area contributed by atoms with Crippen molar-refractivity contribution >= 4 is 0 Å². The zero-order chi connectivity index (χ0) is 75.8. The summed E-state index contributed by atoms with van der Waals surface area (Å²) in [5.41, 5.74) is 9.39. The number of benzene rings is 4. The molecule has 0 heteroatoms. The van der Waals surface area contributed by atoms with E-state index in [9.17, 15) is 0 Å². The second-order valence-corrected chi connectivity index (χ2v) is 13.8. The van der Waals surface area contributed by atoms with Crippen molar-refractivity contribution in [3.05, 3.63) is 142 Å². The Labute approximate surface area is 419 Å². The Balaban J connectivity index is 0.000000555. The SMILES string of the molecule is Cc1ccc(C)cc1.Cc1cccc(C)c1.Cc1ccccc1.Cc1ccccc1C.[2H]C1([2H])C(C)C([2H])([2H])C([2H])([2H])C([2H])([2H])C1([2H])[2H].[2H]C1([2H])C(C)C([2H])([2H])C([2H])([2H])C1([2H])[2H].[2H]C1([2H])C(CC)C([2H])([2H])C([2H])([2H])C([2H])([2H])C1([2H])[2H].[2H]C1([2H])C(CC)C([2H])([2H])C([2H])([2H])C1([2H])[2H]. The highest BCUT2D eigenvalue weighted by atomic mass is 14.2. The van der Waals surface area contributed by atoms with Gasteiger partial charge in [0, 0.05) is 49.3 Å². The highest BCUT2D eigenvalue weighted by molar-refractivity contribution is 5.23. The van der Waals surface area contributed by atoms with E-state index in [4.69, 9.17) is 49.3 Å². The number of hydrogen-bond acceptors (Lipinski definition) is 0. The Hall–Kier alpha value is -3.12. The Morgan fingerprint density at radius 2 is 0.644 bits per heavy atom. The van der Waals surface area contributed by atoms with Gasteiger partial charge in [0.2, 0.25) is 0 Å². The van der Waals surface area contributed by atoms with E-state index < -0.39 is 138 Å². The molecule has 59 heavy (non-hydrogen) atoms. The van der Waals surface area contributed by atoms with Crippen LogP contribution >= 0.6 is 0 Å². The summed E-state index contributed by atoms with van der Waals surface area (Å²) in [4.78, 5) is 0. The third-order valence-corrected chi connectivity index (χ3v) is 8.09. The van der Waals surface area contributed by atoms with Crippen molar-refractivity contribution < 1.29 is 49.3 Å². The highest BCUT2D eigenvalue weighted by Crippen LogP contribution is 2.27. The lowest BCUT2D eigenvalue weighted by Gasteiger charge is -2.18. The van der Waals surface area contributed by atoms with Crippen LogP contribution < -0.4 is 0 Å². The first kappa shape index (κ1) is 19.9. The minimum Gasteiger partial charge on any atom is -0.0651 e. The van der Waals surface area contributed by atoms with Gasteiger partial charge in [-0.25, -0.2) is 0 Å². The van der Waals surface area contributed by atoms with Crippen molar-refractivity contribution in [2.24, 2.45) is 23.7 Å². The molecule has 4 aromatic carbocycles. The smallest absolute Gasteiger partial charge is 0.0269 e. The van der Waals surface area contributed by atoms with Crippen molar-refractivity contribution in [2.45, 2.75) is 204 Å². The lowest BCUT2D eigenvalue weighted by Crippen LogP contribution is -2.03. The Morgan fingerprint density at radius 3 is 0.915 bits per heavy atom. The molecule has 4 fully saturated rings. The predicted molar refractivity (Wildman–Crippen MR) is 268 cm³/mol. The second-order valence-electron chi connectivity index (χ2n) is 13.8. The maximum atomic E-state index is 7.72. The first-order valence-corrected chi connectivity index (χ1v) is 20.1. The van der Waals surface area contributed by atoms with Gasteiger partial charge in [-0.05, 0) is 83.3 Å². The molecule has 0 nitrogen and oxygen atoms in total. The molecular formula is C59H94. The molecule has 0 unspecified atom stereocenters. The van der Waals surface area contributed by atoms with E-state index in [1.807, 2.05) is 18.2 Å². The van der Waals surface area contributed by atoms with Crippen LogP contribution in [0.15, 0.2) is 103 Å². The first-order valence-electron chi connectivity index (χ1n) is 38.1. The minimum absolute atomic E-state index is 0.0685. The quantitative estimate of drug-likeness (QED) is 0.189. The molecule has 0 amide bonds. The lowest BCUT2D eigenvalue weighted by molar-refractivity contribution is 0.349. The molecule has 0 saturated heterocycles. The summed E-state index contributed by atoms with van der Waals surface area (Å²) in [6, 6.07) is 35.5. The van der Waals surface area contributed by atoms with Crippen LogP contribution in [0.25, 0.3) is 0 Å². The summed E-state index contributed by atoms with van der Waals surface area (Å²) in [6.45, 7) is 20.0. The van der Waals surface area contributed by atoms with E-state index in [1.165, 1.54) is 59.7 Å². The molecule has 330 valence electrons. The zero-order valence-corrected chi connectivity index (χ0v) is 37.0. The molecule has 0 radical (unpaired) electrons. The maximum absolute atomic E-state index is 7.72. The van der Waals surface area contributed by atoms with E-state index in [0.29, 0.717) is 0 Å². The summed E-state index contributed by atoms with van der Waals surface area (Å²) in [5.74, 6) is -5.75. The van der Waals surface area contributed by atoms with Gasteiger partial charge in [-0.3, -0.25) is 0 Å². The van der Waals surface area contributed by atoms with E-state index in [1.54, 1.807) is 0 Å². The van der Waals surface area contributed by atoms with E-state index in [2.05, 4.69) is 133 Å². The number of aryl methyl sites for hydroxylation is 7. The fraction of sp³-hybridized carbons (Fsp3) is 0.593. The normalized spacial score (nSPS) is 40.8. The fourth-order valence-electron chi connectivity index (χ4n) is 4.33. The fourth-order valence-corrected chi connectivity index (χ4v) is 4.33. The molecule has 4 aliphatic rings. The van der Waals surface area contributed by atoms with E-state index in [0.717, 1.165) is 6.92 Å². The van der Waals surface area contributed by atoms with Crippen LogP contribution in [0.4, 0.5) is 0 Å². The number of hydrogen-bond donors (Lipinski definition) is 0. The summed E-state index contributed by atoms with van der Waals surface area (Å²) in [6.07, 6.45) is -51.5. The lowest BCUT2D eigenvalue weighted by atomic mass is 9.88. The van der Waals surface area contributed by atoms with Gasteiger partial charge >= 0.3 is 0 Å². The van der Waals surface area contributed by atoms with Crippen molar-refractivity contribution in [1.82, 2.24) is 0 Å². The van der Waals surface area contributed by atoms with Crippen LogP contribution in [-0.2, 0) is 0 Å². The average molecular weight is 840 g/mol. The van der Waals surface area contributed by atoms with Crippen LogP contribution in [0.5, 0.6) is 0 Å². The Morgan fingerprint density at radius 1 is 0.356 bits per heavy atom. The molecule has 0 heterocycles. The summed E-state index contributed by atoms with van der Waals surface area (Å²) in [7, 11) is 0. The first-order chi connectivity index (χ1) is 42.0. The molecule has 0 N–H and O–H groups in total. The van der Waals surface area contributed by atoms with E-state index in [-0.39, 0.29) is 12.8 Å². The molecule has 8 rings (SSSR count). The molecule has 0 atom stereocenters. The third-order valence-electron chi connectivity index (χ3n) is 8.09. The van der Waals surface area contributed by atoms with Gasteiger partial charge in [-0.2, -0.15) is 0 Å². The molecule has 0 aromatic heterocycles. The van der Waals surface area contributed by atoms with Crippen LogP contribution in [0, 0.1) is 72.1 Å². The number of rotatable bonds is 2. The van der Waals surface area contributed by atoms with Gasteiger partial charge in [0.05, 0.1) is 0 Å². The second kappa shape index (κ2) is 35.6. The summed E-state index contributed by atoms with van der Waals surface area (Å²) in [5, 5.41) is 0. The van der Waals surface area contributed by atoms with Crippen LogP contribution in [-0.4, -0.2) is 0 Å². The van der Waals surface area contributed by atoms with Gasteiger partial charge in [-0.1, -0.05) is 286 Å². The standard InChI is InChI=1S/3C8H10.C8H16.C7H14.C7H8.C7H14.C6H12/c1-7-3-5-8(2)6-4-7;1-7-4-3-5-8(2)6-7;1-7-5-3-4-6-8(7)2;1-2-8-6-4-3-5-7-8;2*1-7-5-3-2-4-6-7;1-2-7-5-3-4-6-7;1-6-4-2-3-5-6/h3*3-6H,1-2H3;8H,2-7H2,1H3;7H,2-6H2,1H3;2-6H,1H3;7H,2-6H2,1H3;6H,2-5H2,1H3/i;;;3D2,4D2,5D2,6D2,7D2;2D2,3D2,4D2,5D2,6D2;;3D2,4D2,5D2,6D2;2D2,3D2,4D2,5D2. The van der Waals surface area contributed by atoms with Crippen LogP contribution in [0.2, 0.25) is 0 Å². The molecule has 4 saturated carbocycles. The van der Waals surface area contributed by atoms with Gasteiger partial charge in [0.15, 0.2) is 0 Å². The van der Waals surface area contributed by atoms with Crippen molar-refractivity contribution in [2.75, 3.05) is 0 Å². The molecule has 4 aliphatic carbocycles. The van der Waals surface area contributed by atoms with Gasteiger partial charge in [-0.15, -0.1) is 0 Å². The zero-order valence-electron chi connectivity index (χ0n) is 73.0. The highest BCUT2D eigenvalue weighted by Gasteiger charge is 2.11. The summed E-state index contributed by atoms with van der Waals surface area (Å²) >= 11 is 0. The molecule has 0 spiro atoms. The third kappa shape index (κ3) is 31.4. The largest absolute Gasteiger partial charge is 0.0651 e. The van der Waals surface area contributed by atoms with E-state index >= 15 is 0 Å². The average Bonchev–Trinajstić information content (AvgIpc) is 1.66. The van der Waals surface area contributed by atoms with Gasteiger partial charge in [0.1, 0.15) is 0 Å². The topological polar surface area (TPSA) is 0 Å². The van der Waals surface area contributed by atoms with Crippen molar-refractivity contribution in [3.63, 3.8) is 0 Å². The van der Waals surface area contributed by atoms with Crippen molar-refractivity contribution in [3.8, 4) is 0 Å².